The van der Waals surface area contributed by atoms with E-state index in [1.807, 2.05) is 0 Å². The van der Waals surface area contributed by atoms with Gasteiger partial charge in [0.15, 0.2) is 0 Å². The van der Waals surface area contributed by atoms with Gasteiger partial charge in [-0.15, -0.1) is 0 Å². The molecular weight excluding hydrogens is 235 g/mol. The van der Waals surface area contributed by atoms with Crippen LogP contribution < -0.4 is 0 Å². The fourth-order valence-corrected chi connectivity index (χ4v) is 0. The molecule has 0 saturated heterocycles. The van der Waals surface area contributed by atoms with Crippen LogP contribution in [0.2, 0.25) is 0 Å². The molecular formula is H2AsMoO4. The van der Waals surface area contributed by atoms with Gasteiger partial charge in [0.1, 0.15) is 0 Å². The Morgan fingerprint density at radius 2 is 1.17 bits per heavy atom. The summed E-state index contributed by atoms with van der Waals surface area (Å²) in [4.78, 5) is 0. The molecule has 3 radical (unpaired) electrons. The Hall–Kier alpha value is 0.767. The second kappa shape index (κ2) is 2.86. The standard InChI is InChI=1S/As.Mo.2H2O.2O/h;;2*1H2;;/q;+2;;;;/p-2. The van der Waals surface area contributed by atoms with E-state index in [-0.39, 0.29) is 18.0 Å². The van der Waals surface area contributed by atoms with Gasteiger partial charge in [-0.3, -0.25) is 0 Å². The molecule has 0 aliphatic rings. The van der Waals surface area contributed by atoms with Crippen LogP contribution in [-0.4, -0.2) is 25.5 Å². The summed E-state index contributed by atoms with van der Waals surface area (Å²) in [6.45, 7) is 0. The van der Waals surface area contributed by atoms with Crippen LogP contribution in [0.5, 0.6) is 0 Å². The van der Waals surface area contributed by atoms with E-state index >= 15 is 0 Å². The van der Waals surface area contributed by atoms with Gasteiger partial charge in [0.2, 0.25) is 0 Å². The fourth-order valence-electron chi connectivity index (χ4n) is 0. The minimum absolute atomic E-state index is 0. The van der Waals surface area contributed by atoms with Crippen LogP contribution in [0, 0.1) is 0 Å². The normalized spacial score (nSPS) is 9.67. The van der Waals surface area contributed by atoms with Gasteiger partial charge in [-0.25, -0.2) is 0 Å². The Bertz CT molecular complexity index is 90.7. The van der Waals surface area contributed by atoms with E-state index in [1.54, 1.807) is 0 Å². The van der Waals surface area contributed by atoms with E-state index in [2.05, 4.69) is 0 Å². The van der Waals surface area contributed by atoms with E-state index in [0.717, 1.165) is 0 Å². The first-order chi connectivity index (χ1) is 2.00. The van der Waals surface area contributed by atoms with Crippen molar-refractivity contribution in [1.82, 2.24) is 0 Å². The van der Waals surface area contributed by atoms with Gasteiger partial charge in [0.05, 0.1) is 0 Å². The molecule has 0 amide bonds. The van der Waals surface area contributed by atoms with Crippen LogP contribution in [0.4, 0.5) is 0 Å². The Labute approximate surface area is 49.2 Å². The summed E-state index contributed by atoms with van der Waals surface area (Å²) in [5, 5.41) is 0. The average Bonchev–Trinajstić information content (AvgIpc) is 0.722. The molecule has 0 aromatic rings. The number of hydrogen-bond donors (Lipinski definition) is 2. The van der Waals surface area contributed by atoms with E-state index in [4.69, 9.17) is 14.3 Å². The third kappa shape index (κ3) is 115. The molecule has 37 valence electrons. The van der Waals surface area contributed by atoms with Crippen molar-refractivity contribution >= 4 is 18.0 Å². The van der Waals surface area contributed by atoms with E-state index in [1.165, 1.54) is 0 Å². The first kappa shape index (κ1) is 9.90. The van der Waals surface area contributed by atoms with Crippen molar-refractivity contribution in [2.24, 2.45) is 0 Å². The van der Waals surface area contributed by atoms with Gasteiger partial charge in [0, 0.05) is 18.0 Å². The van der Waals surface area contributed by atoms with Crippen LogP contribution in [0.15, 0.2) is 0 Å². The maximum absolute atomic E-state index is 8.85. The van der Waals surface area contributed by atoms with Gasteiger partial charge in [-0.2, -0.15) is 0 Å². The zero-order chi connectivity index (χ0) is 4.50. The molecule has 0 atom stereocenters. The number of rotatable bonds is 0. The van der Waals surface area contributed by atoms with Crippen LogP contribution in [0.3, 0.4) is 0 Å². The SMILES string of the molecule is [As].[O]=[Mo](=[O])([OH])[OH]. The monoisotopic (exact) mass is 239 g/mol. The summed E-state index contributed by atoms with van der Waals surface area (Å²) in [5.74, 6) is 0. The van der Waals surface area contributed by atoms with Crippen molar-refractivity contribution < 1.29 is 31.1 Å². The zero-order valence-electron chi connectivity index (χ0n) is 2.57. The molecule has 0 saturated carbocycles. The molecule has 0 rings (SSSR count). The summed E-state index contributed by atoms with van der Waals surface area (Å²) in [6.07, 6.45) is 0. The van der Waals surface area contributed by atoms with E-state index in [0.29, 0.717) is 0 Å². The zero-order valence-corrected chi connectivity index (χ0v) is 6.45. The molecule has 0 aliphatic carbocycles. The average molecular weight is 237 g/mol. The maximum atomic E-state index is 8.85. The second-order valence-electron chi connectivity index (χ2n) is 0.448. The molecule has 0 aliphatic heterocycles. The van der Waals surface area contributed by atoms with E-state index in [9.17, 15) is 0 Å². The third-order valence-electron chi connectivity index (χ3n) is 0. The molecule has 0 unspecified atom stereocenters. The molecule has 0 heterocycles. The van der Waals surface area contributed by atoms with Crippen molar-refractivity contribution in [3.63, 3.8) is 0 Å². The Morgan fingerprint density at radius 1 is 1.17 bits per heavy atom. The Balaban J connectivity index is 0. The summed E-state index contributed by atoms with van der Waals surface area (Å²) in [5.41, 5.74) is 0. The van der Waals surface area contributed by atoms with Crippen LogP contribution in [0.25, 0.3) is 0 Å². The van der Waals surface area contributed by atoms with Crippen molar-refractivity contribution in [2.45, 2.75) is 0 Å². The van der Waals surface area contributed by atoms with Gasteiger partial charge in [-0.1, -0.05) is 0 Å². The molecule has 6 heteroatoms. The van der Waals surface area contributed by atoms with Crippen molar-refractivity contribution in [3.8, 4) is 0 Å². The molecule has 6 heavy (non-hydrogen) atoms. The molecule has 4 nitrogen and oxygen atoms in total. The molecule has 0 spiro atoms. The first-order valence-corrected chi connectivity index (χ1v) is 4.13. The topological polar surface area (TPSA) is 74.6 Å². The summed E-state index contributed by atoms with van der Waals surface area (Å²) < 4.78 is 32.0. The number of hydrogen-bond acceptors (Lipinski definition) is 2. The fraction of sp³-hybridized carbons (Fsp3) is 0. The van der Waals surface area contributed by atoms with Crippen LogP contribution in [-0.2, 0) is 23.5 Å². The van der Waals surface area contributed by atoms with Crippen LogP contribution >= 0.6 is 0 Å². The molecule has 2 N–H and O–H groups in total. The Morgan fingerprint density at radius 3 is 1.17 bits per heavy atom. The predicted octanol–water partition coefficient (Wildman–Crippen LogP) is -1.73. The van der Waals surface area contributed by atoms with Gasteiger partial charge in [0.25, 0.3) is 0 Å². The summed E-state index contributed by atoms with van der Waals surface area (Å²) in [7, 11) is 0. The van der Waals surface area contributed by atoms with Gasteiger partial charge < -0.3 is 0 Å². The van der Waals surface area contributed by atoms with Gasteiger partial charge >= 0.3 is 31.1 Å². The first-order valence-electron chi connectivity index (χ1n) is 0.698. The molecule has 0 aromatic heterocycles. The predicted molar refractivity (Wildman–Crippen MR) is 11.6 cm³/mol. The molecule has 0 fully saturated rings. The van der Waals surface area contributed by atoms with Crippen molar-refractivity contribution in [1.29, 1.82) is 0 Å². The van der Waals surface area contributed by atoms with Crippen molar-refractivity contribution in [2.75, 3.05) is 0 Å². The van der Waals surface area contributed by atoms with Crippen LogP contribution in [0.1, 0.15) is 0 Å². The van der Waals surface area contributed by atoms with E-state index < -0.39 is 16.7 Å². The molecule has 0 bridgehead atoms. The van der Waals surface area contributed by atoms with Gasteiger partial charge in [-0.05, 0) is 0 Å². The summed E-state index contributed by atoms with van der Waals surface area (Å²) >= 11 is -5.52. The third-order valence-corrected chi connectivity index (χ3v) is 0. The quantitative estimate of drug-likeness (QED) is 0.490. The van der Waals surface area contributed by atoms with Crippen molar-refractivity contribution in [3.05, 3.63) is 0 Å². The minimum atomic E-state index is -5.52. The summed E-state index contributed by atoms with van der Waals surface area (Å²) in [6, 6.07) is 0. The Kier molecular flexibility index (Phi) is 4.72. The second-order valence-corrected chi connectivity index (χ2v) is 2.65. The molecule has 0 aromatic carbocycles.